The van der Waals surface area contributed by atoms with E-state index in [1.165, 1.54) is 6.07 Å². The van der Waals surface area contributed by atoms with Crippen LogP contribution < -0.4 is 10.6 Å². The Morgan fingerprint density at radius 1 is 1.29 bits per heavy atom. The van der Waals surface area contributed by atoms with Gasteiger partial charge in [0, 0.05) is 24.4 Å². The lowest BCUT2D eigenvalue weighted by Gasteiger charge is -2.07. The maximum Gasteiger partial charge on any atom is 0.274 e. The van der Waals surface area contributed by atoms with Gasteiger partial charge < -0.3 is 10.6 Å². The maximum absolute atomic E-state index is 12.1. The summed E-state index contributed by atoms with van der Waals surface area (Å²) in [5.74, 6) is 0.141. The van der Waals surface area contributed by atoms with Crippen LogP contribution >= 0.6 is 0 Å². The molecule has 0 unspecified atom stereocenters. The average molecular weight is 286 g/mol. The van der Waals surface area contributed by atoms with E-state index in [1.807, 2.05) is 0 Å². The molecule has 1 aromatic heterocycles. The first-order chi connectivity index (χ1) is 10.0. The number of nitro groups is 1. The lowest BCUT2D eigenvalue weighted by molar-refractivity contribution is -0.385. The Morgan fingerprint density at radius 2 is 2.05 bits per heavy atom. The molecule has 0 bridgehead atoms. The van der Waals surface area contributed by atoms with Crippen LogP contribution in [0.25, 0.3) is 0 Å². The van der Waals surface area contributed by atoms with Gasteiger partial charge in [0.1, 0.15) is 11.5 Å². The van der Waals surface area contributed by atoms with Gasteiger partial charge in [-0.15, -0.1) is 0 Å². The van der Waals surface area contributed by atoms with Crippen LogP contribution in [0.5, 0.6) is 0 Å². The van der Waals surface area contributed by atoms with E-state index < -0.39 is 10.8 Å². The number of amides is 1. The Morgan fingerprint density at radius 3 is 2.71 bits per heavy atom. The number of nitrogens with zero attached hydrogens (tertiary/aromatic N) is 2. The third kappa shape index (κ3) is 3.33. The van der Waals surface area contributed by atoms with Gasteiger partial charge in [0.05, 0.1) is 4.92 Å². The van der Waals surface area contributed by atoms with E-state index in [-0.39, 0.29) is 11.4 Å². The number of aromatic nitrogens is 1. The molecule has 7 nitrogen and oxygen atoms in total. The minimum absolute atomic E-state index is 0.0373. The second kappa shape index (κ2) is 6.00. The molecule has 0 spiro atoms. The monoisotopic (exact) mass is 286 g/mol. The second-order valence-electron chi connectivity index (χ2n) is 4.37. The van der Waals surface area contributed by atoms with Gasteiger partial charge in [0.15, 0.2) is 0 Å². The molecule has 2 N–H and O–H groups in total. The van der Waals surface area contributed by atoms with E-state index in [0.29, 0.717) is 17.1 Å². The molecule has 21 heavy (non-hydrogen) atoms. The fourth-order valence-electron chi connectivity index (χ4n) is 1.78. The summed E-state index contributed by atoms with van der Waals surface area (Å²) >= 11 is 0. The highest BCUT2D eigenvalue weighted by atomic mass is 16.6. The minimum Gasteiger partial charge on any atom is -0.373 e. The zero-order valence-electron chi connectivity index (χ0n) is 11.6. The summed E-state index contributed by atoms with van der Waals surface area (Å²) in [4.78, 5) is 26.6. The lowest BCUT2D eigenvalue weighted by Crippen LogP contribution is -2.14. The molecular formula is C14H14N4O3. The Hall–Kier alpha value is -2.96. The van der Waals surface area contributed by atoms with Crippen LogP contribution in [0.2, 0.25) is 0 Å². The van der Waals surface area contributed by atoms with Crippen LogP contribution in [0.15, 0.2) is 36.4 Å². The maximum atomic E-state index is 12.1. The van der Waals surface area contributed by atoms with Crippen molar-refractivity contribution in [2.75, 3.05) is 17.7 Å². The standard InChI is InChI=1S/C14H14N4O3/c1-9-6-7-10(8-12(9)18(20)21)16-14(19)11-4-3-5-13(15-2)17-11/h3-8H,1-2H3,(H,15,17)(H,16,19). The zero-order chi connectivity index (χ0) is 15.4. The van der Waals surface area contributed by atoms with Crippen LogP contribution in [0.3, 0.4) is 0 Å². The van der Waals surface area contributed by atoms with Gasteiger partial charge >= 0.3 is 0 Å². The number of nitrogens with one attached hydrogen (secondary N) is 2. The fourth-order valence-corrected chi connectivity index (χ4v) is 1.78. The van der Waals surface area contributed by atoms with E-state index in [0.717, 1.165) is 0 Å². The lowest BCUT2D eigenvalue weighted by atomic mass is 10.2. The molecule has 0 saturated heterocycles. The van der Waals surface area contributed by atoms with Crippen molar-refractivity contribution in [3.05, 3.63) is 57.8 Å². The SMILES string of the molecule is CNc1cccc(C(=O)Nc2ccc(C)c([N+](=O)[O-])c2)n1. The first-order valence-corrected chi connectivity index (χ1v) is 6.22. The number of nitro benzene ring substituents is 1. The first kappa shape index (κ1) is 14.4. The third-order valence-corrected chi connectivity index (χ3v) is 2.90. The molecular weight excluding hydrogens is 272 g/mol. The first-order valence-electron chi connectivity index (χ1n) is 6.22. The Balaban J connectivity index is 2.23. The van der Waals surface area contributed by atoms with E-state index >= 15 is 0 Å². The minimum atomic E-state index is -0.481. The third-order valence-electron chi connectivity index (χ3n) is 2.90. The molecule has 0 radical (unpaired) electrons. The van der Waals surface area contributed by atoms with Crippen molar-refractivity contribution in [1.29, 1.82) is 0 Å². The highest BCUT2D eigenvalue weighted by Gasteiger charge is 2.13. The summed E-state index contributed by atoms with van der Waals surface area (Å²) in [5.41, 5.74) is 1.08. The Labute approximate surface area is 121 Å². The van der Waals surface area contributed by atoms with Gasteiger partial charge in [-0.3, -0.25) is 14.9 Å². The van der Waals surface area contributed by atoms with Crippen LogP contribution in [0.1, 0.15) is 16.1 Å². The van der Waals surface area contributed by atoms with Crippen LogP contribution in [-0.2, 0) is 0 Å². The van der Waals surface area contributed by atoms with Gasteiger partial charge in [-0.1, -0.05) is 12.1 Å². The molecule has 0 atom stereocenters. The molecule has 7 heteroatoms. The molecule has 0 aliphatic rings. The van der Waals surface area contributed by atoms with Crippen molar-refractivity contribution in [2.45, 2.75) is 6.92 Å². The Kier molecular flexibility index (Phi) is 4.13. The van der Waals surface area contributed by atoms with Gasteiger partial charge in [-0.2, -0.15) is 0 Å². The van der Waals surface area contributed by atoms with Crippen LogP contribution in [0.4, 0.5) is 17.2 Å². The average Bonchev–Trinajstić information content (AvgIpc) is 2.49. The van der Waals surface area contributed by atoms with Gasteiger partial charge in [0.2, 0.25) is 0 Å². The summed E-state index contributed by atoms with van der Waals surface area (Å²) in [5, 5.41) is 16.3. The molecule has 2 rings (SSSR count). The van der Waals surface area contributed by atoms with Crippen molar-refractivity contribution < 1.29 is 9.72 Å². The molecule has 0 aliphatic heterocycles. The number of hydrogen-bond acceptors (Lipinski definition) is 5. The summed E-state index contributed by atoms with van der Waals surface area (Å²) in [6, 6.07) is 9.53. The van der Waals surface area contributed by atoms with E-state index in [4.69, 9.17) is 0 Å². The zero-order valence-corrected chi connectivity index (χ0v) is 11.6. The summed E-state index contributed by atoms with van der Waals surface area (Å²) in [7, 11) is 1.70. The van der Waals surface area contributed by atoms with Crippen LogP contribution in [0, 0.1) is 17.0 Å². The molecule has 2 aromatic rings. The van der Waals surface area contributed by atoms with E-state index in [1.54, 1.807) is 44.3 Å². The molecule has 0 fully saturated rings. The number of benzene rings is 1. The normalized spacial score (nSPS) is 10.0. The van der Waals surface area contributed by atoms with Gasteiger partial charge in [0.25, 0.3) is 11.6 Å². The number of aryl methyl sites for hydroxylation is 1. The fraction of sp³-hybridized carbons (Fsp3) is 0.143. The summed E-state index contributed by atoms with van der Waals surface area (Å²) in [6.07, 6.45) is 0. The van der Waals surface area contributed by atoms with Crippen molar-refractivity contribution >= 4 is 23.1 Å². The number of hydrogen-bond donors (Lipinski definition) is 2. The molecule has 1 amide bonds. The number of carbonyl (C=O) groups excluding carboxylic acids is 1. The predicted octanol–water partition coefficient (Wildman–Crippen LogP) is 2.59. The van der Waals surface area contributed by atoms with Crippen molar-refractivity contribution in [1.82, 2.24) is 4.98 Å². The number of rotatable bonds is 4. The van der Waals surface area contributed by atoms with Crippen LogP contribution in [-0.4, -0.2) is 22.9 Å². The molecule has 0 aliphatic carbocycles. The summed E-state index contributed by atoms with van der Waals surface area (Å²) in [6.45, 7) is 1.64. The topological polar surface area (TPSA) is 97.2 Å². The van der Waals surface area contributed by atoms with Crippen molar-refractivity contribution in [3.8, 4) is 0 Å². The highest BCUT2D eigenvalue weighted by Crippen LogP contribution is 2.22. The molecule has 1 heterocycles. The number of anilines is 2. The van der Waals surface area contributed by atoms with E-state index in [2.05, 4.69) is 15.6 Å². The molecule has 1 aromatic carbocycles. The Bertz CT molecular complexity index is 700. The number of carbonyl (C=O) groups is 1. The molecule has 108 valence electrons. The predicted molar refractivity (Wildman–Crippen MR) is 79.6 cm³/mol. The van der Waals surface area contributed by atoms with Gasteiger partial charge in [-0.25, -0.2) is 4.98 Å². The summed E-state index contributed by atoms with van der Waals surface area (Å²) < 4.78 is 0. The van der Waals surface area contributed by atoms with Gasteiger partial charge in [-0.05, 0) is 25.1 Å². The largest absolute Gasteiger partial charge is 0.373 e. The smallest absolute Gasteiger partial charge is 0.274 e. The van der Waals surface area contributed by atoms with Crippen molar-refractivity contribution in [3.63, 3.8) is 0 Å². The molecule has 0 saturated carbocycles. The van der Waals surface area contributed by atoms with E-state index in [9.17, 15) is 14.9 Å². The quantitative estimate of drug-likeness (QED) is 0.665. The second-order valence-corrected chi connectivity index (χ2v) is 4.37. The highest BCUT2D eigenvalue weighted by molar-refractivity contribution is 6.03. The van der Waals surface area contributed by atoms with Crippen molar-refractivity contribution in [2.24, 2.45) is 0 Å². The number of pyridine rings is 1.